The van der Waals surface area contributed by atoms with Crippen molar-refractivity contribution >= 4 is 5.82 Å². The molecule has 1 N–H and O–H groups in total. The van der Waals surface area contributed by atoms with E-state index in [4.69, 9.17) is 4.74 Å². The van der Waals surface area contributed by atoms with Crippen molar-refractivity contribution in [3.05, 3.63) is 18.1 Å². The molecule has 1 saturated carbocycles. The first-order valence-electron chi connectivity index (χ1n) is 6.51. The monoisotopic (exact) mass is 235 g/mol. The van der Waals surface area contributed by atoms with Crippen LogP contribution in [0, 0.1) is 5.92 Å². The molecule has 0 aliphatic heterocycles. The topological polar surface area (TPSA) is 47.0 Å². The van der Waals surface area contributed by atoms with E-state index in [9.17, 15) is 0 Å². The van der Waals surface area contributed by atoms with Gasteiger partial charge in [0.15, 0.2) is 0 Å². The maximum atomic E-state index is 5.60. The molecule has 0 amide bonds. The van der Waals surface area contributed by atoms with Gasteiger partial charge in [-0.3, -0.25) is 4.98 Å². The highest BCUT2D eigenvalue weighted by Crippen LogP contribution is 2.29. The summed E-state index contributed by atoms with van der Waals surface area (Å²) >= 11 is 0. The number of hydrogen-bond donors (Lipinski definition) is 1. The van der Waals surface area contributed by atoms with E-state index < -0.39 is 0 Å². The van der Waals surface area contributed by atoms with Crippen molar-refractivity contribution in [1.82, 2.24) is 9.97 Å². The highest BCUT2D eigenvalue weighted by Gasteiger charge is 2.16. The van der Waals surface area contributed by atoms with Crippen LogP contribution >= 0.6 is 0 Å². The molecular weight excluding hydrogens is 214 g/mol. The Balaban J connectivity index is 1.63. The Morgan fingerprint density at radius 3 is 2.82 bits per heavy atom. The van der Waals surface area contributed by atoms with E-state index in [1.165, 1.54) is 25.7 Å². The summed E-state index contributed by atoms with van der Waals surface area (Å²) in [6, 6.07) is 0. The Bertz CT molecular complexity index is 322. The van der Waals surface area contributed by atoms with E-state index in [1.54, 1.807) is 12.4 Å². The van der Waals surface area contributed by atoms with Gasteiger partial charge in [-0.05, 0) is 19.3 Å². The Morgan fingerprint density at radius 1 is 1.35 bits per heavy atom. The van der Waals surface area contributed by atoms with Gasteiger partial charge in [0, 0.05) is 13.2 Å². The molecule has 0 unspecified atom stereocenters. The van der Waals surface area contributed by atoms with Gasteiger partial charge in [-0.25, -0.2) is 4.98 Å². The number of ether oxygens (including phenoxy) is 1. The van der Waals surface area contributed by atoms with Crippen LogP contribution in [0.25, 0.3) is 0 Å². The molecule has 17 heavy (non-hydrogen) atoms. The average molecular weight is 235 g/mol. The fourth-order valence-corrected chi connectivity index (χ4v) is 1.91. The third-order valence-electron chi connectivity index (χ3n) is 3.21. The average Bonchev–Trinajstić information content (AvgIpc) is 2.29. The van der Waals surface area contributed by atoms with Crippen molar-refractivity contribution in [3.8, 4) is 0 Å². The van der Waals surface area contributed by atoms with Crippen molar-refractivity contribution in [2.24, 2.45) is 5.92 Å². The van der Waals surface area contributed by atoms with Crippen LogP contribution in [-0.2, 0) is 11.3 Å². The minimum atomic E-state index is 0.576. The smallest absolute Gasteiger partial charge is 0.144 e. The fourth-order valence-electron chi connectivity index (χ4n) is 1.91. The zero-order chi connectivity index (χ0) is 11.9. The number of hydrogen-bond acceptors (Lipinski definition) is 4. The lowest BCUT2D eigenvalue weighted by Crippen LogP contribution is -2.13. The highest BCUT2D eigenvalue weighted by atomic mass is 16.5. The van der Waals surface area contributed by atoms with Crippen LogP contribution in [0.5, 0.6) is 0 Å². The van der Waals surface area contributed by atoms with Gasteiger partial charge in [0.1, 0.15) is 5.82 Å². The second kappa shape index (κ2) is 6.55. The van der Waals surface area contributed by atoms with Gasteiger partial charge in [-0.15, -0.1) is 0 Å². The van der Waals surface area contributed by atoms with E-state index in [0.29, 0.717) is 6.61 Å². The number of anilines is 1. The normalized spacial score (nSPS) is 15.6. The molecule has 1 aliphatic carbocycles. The van der Waals surface area contributed by atoms with Gasteiger partial charge < -0.3 is 10.1 Å². The predicted molar refractivity (Wildman–Crippen MR) is 67.8 cm³/mol. The maximum absolute atomic E-state index is 5.60. The maximum Gasteiger partial charge on any atom is 0.144 e. The minimum absolute atomic E-state index is 0.576. The third kappa shape index (κ3) is 3.97. The first-order valence-corrected chi connectivity index (χ1v) is 6.51. The minimum Gasteiger partial charge on any atom is -0.375 e. The van der Waals surface area contributed by atoms with Crippen molar-refractivity contribution in [2.75, 3.05) is 18.5 Å². The van der Waals surface area contributed by atoms with E-state index in [2.05, 4.69) is 15.3 Å². The van der Waals surface area contributed by atoms with Crippen molar-refractivity contribution in [2.45, 2.75) is 39.2 Å². The molecule has 4 heteroatoms. The molecule has 1 aromatic heterocycles. The van der Waals surface area contributed by atoms with Gasteiger partial charge in [0.25, 0.3) is 0 Å². The van der Waals surface area contributed by atoms with Crippen LogP contribution in [0.3, 0.4) is 0 Å². The molecule has 4 nitrogen and oxygen atoms in total. The molecular formula is C13H21N3O. The highest BCUT2D eigenvalue weighted by molar-refractivity contribution is 5.30. The van der Waals surface area contributed by atoms with Crippen LogP contribution in [0.1, 0.15) is 38.3 Å². The molecule has 0 bridgehead atoms. The molecule has 1 aromatic rings. The Hall–Kier alpha value is -1.16. The lowest BCUT2D eigenvalue weighted by Gasteiger charge is -2.24. The van der Waals surface area contributed by atoms with Crippen molar-refractivity contribution in [1.29, 1.82) is 0 Å². The van der Waals surface area contributed by atoms with Crippen LogP contribution < -0.4 is 5.32 Å². The zero-order valence-corrected chi connectivity index (χ0v) is 10.5. The van der Waals surface area contributed by atoms with E-state index in [1.807, 2.05) is 6.92 Å². The molecule has 0 radical (unpaired) electrons. The molecule has 94 valence electrons. The molecule has 0 aromatic carbocycles. The van der Waals surface area contributed by atoms with Crippen LogP contribution in [0.2, 0.25) is 0 Å². The number of aromatic nitrogens is 2. The number of nitrogens with zero attached hydrogens (tertiary/aromatic N) is 2. The summed E-state index contributed by atoms with van der Waals surface area (Å²) in [7, 11) is 0. The van der Waals surface area contributed by atoms with E-state index >= 15 is 0 Å². The SMILES string of the molecule is CCNc1cnc(COCCC2CCC2)cn1. The molecule has 1 aliphatic rings. The zero-order valence-electron chi connectivity index (χ0n) is 10.5. The van der Waals surface area contributed by atoms with Crippen LogP contribution in [0.4, 0.5) is 5.82 Å². The fraction of sp³-hybridized carbons (Fsp3) is 0.692. The molecule has 2 rings (SSSR count). The quantitative estimate of drug-likeness (QED) is 0.738. The second-order valence-electron chi connectivity index (χ2n) is 4.56. The summed E-state index contributed by atoms with van der Waals surface area (Å²) in [6.45, 7) is 4.33. The summed E-state index contributed by atoms with van der Waals surface area (Å²) < 4.78 is 5.60. The van der Waals surface area contributed by atoms with Crippen molar-refractivity contribution < 1.29 is 4.74 Å². The summed E-state index contributed by atoms with van der Waals surface area (Å²) in [5.41, 5.74) is 0.903. The van der Waals surface area contributed by atoms with Gasteiger partial charge in [-0.1, -0.05) is 19.3 Å². The van der Waals surface area contributed by atoms with Gasteiger partial charge >= 0.3 is 0 Å². The summed E-state index contributed by atoms with van der Waals surface area (Å²) in [5, 5.41) is 3.12. The van der Waals surface area contributed by atoms with E-state index in [0.717, 1.165) is 30.6 Å². The number of nitrogens with one attached hydrogen (secondary N) is 1. The predicted octanol–water partition coefficient (Wildman–Crippen LogP) is 2.62. The molecule has 0 atom stereocenters. The summed E-state index contributed by atoms with van der Waals surface area (Å²) in [4.78, 5) is 8.55. The Morgan fingerprint density at radius 2 is 2.24 bits per heavy atom. The number of rotatable bonds is 7. The molecule has 0 saturated heterocycles. The summed E-state index contributed by atoms with van der Waals surface area (Å²) in [6.07, 6.45) is 8.92. The molecule has 0 spiro atoms. The first kappa shape index (κ1) is 12.3. The van der Waals surface area contributed by atoms with Gasteiger partial charge in [0.2, 0.25) is 0 Å². The second-order valence-corrected chi connectivity index (χ2v) is 4.56. The van der Waals surface area contributed by atoms with Crippen LogP contribution in [0.15, 0.2) is 12.4 Å². The molecule has 1 fully saturated rings. The van der Waals surface area contributed by atoms with E-state index in [-0.39, 0.29) is 0 Å². The lowest BCUT2D eigenvalue weighted by molar-refractivity contribution is 0.0927. The Labute approximate surface area is 103 Å². The third-order valence-corrected chi connectivity index (χ3v) is 3.21. The van der Waals surface area contributed by atoms with Gasteiger partial charge in [0.05, 0.1) is 24.7 Å². The van der Waals surface area contributed by atoms with Crippen molar-refractivity contribution in [3.63, 3.8) is 0 Å². The van der Waals surface area contributed by atoms with Crippen LogP contribution in [-0.4, -0.2) is 23.1 Å². The Kier molecular flexibility index (Phi) is 4.74. The molecule has 1 heterocycles. The van der Waals surface area contributed by atoms with Gasteiger partial charge in [-0.2, -0.15) is 0 Å². The largest absolute Gasteiger partial charge is 0.375 e. The summed E-state index contributed by atoms with van der Waals surface area (Å²) in [5.74, 6) is 1.74. The first-order chi connectivity index (χ1) is 8.38. The standard InChI is InChI=1S/C13H21N3O/c1-2-14-13-9-15-12(8-16-13)10-17-7-6-11-4-3-5-11/h8-9,11H,2-7,10H2,1H3,(H,14,16). The lowest BCUT2D eigenvalue weighted by atomic mass is 9.83.